The maximum absolute atomic E-state index is 13.2. The van der Waals surface area contributed by atoms with Crippen LogP contribution in [-0.2, 0) is 6.18 Å². The van der Waals surface area contributed by atoms with Gasteiger partial charge in [0.05, 0.1) is 15.6 Å². The van der Waals surface area contributed by atoms with Gasteiger partial charge in [-0.15, -0.1) is 0 Å². The zero-order valence-electron chi connectivity index (χ0n) is 11.8. The third-order valence-electron chi connectivity index (χ3n) is 3.25. The molecule has 0 atom stereocenters. The van der Waals surface area contributed by atoms with Gasteiger partial charge in [0, 0.05) is 18.3 Å². The van der Waals surface area contributed by atoms with Gasteiger partial charge in [-0.1, -0.05) is 41.4 Å². The molecule has 23 heavy (non-hydrogen) atoms. The molecule has 2 amide bonds. The summed E-state index contributed by atoms with van der Waals surface area (Å²) >= 11 is 12.2. The molecule has 0 spiro atoms. The molecule has 8 heteroatoms. The first-order valence-electron chi connectivity index (χ1n) is 6.31. The number of primary amides is 1. The highest BCUT2D eigenvalue weighted by Gasteiger charge is 2.34. The largest absolute Gasteiger partial charge is 0.417 e. The average Bonchev–Trinajstić information content (AvgIpc) is 2.45. The van der Waals surface area contributed by atoms with E-state index >= 15 is 0 Å². The Balaban J connectivity index is 2.65. The number of benzene rings is 2. The number of amides is 2. The molecule has 0 bridgehead atoms. The lowest BCUT2D eigenvalue weighted by Gasteiger charge is -2.19. The Kier molecular flexibility index (Phi) is 4.77. The van der Waals surface area contributed by atoms with Crippen LogP contribution in [0.15, 0.2) is 36.4 Å². The molecule has 2 N–H and O–H groups in total. The molecule has 122 valence electrons. The smallest absolute Gasteiger partial charge is 0.351 e. The fraction of sp³-hybridized carbons (Fsp3) is 0.133. The molecule has 2 rings (SSSR count). The number of carbonyl (C=O) groups excluding carboxylic acids is 1. The van der Waals surface area contributed by atoms with Crippen LogP contribution in [0.25, 0.3) is 11.1 Å². The van der Waals surface area contributed by atoms with Gasteiger partial charge in [0.15, 0.2) is 0 Å². The summed E-state index contributed by atoms with van der Waals surface area (Å²) in [5.41, 5.74) is 4.49. The highest BCUT2D eigenvalue weighted by atomic mass is 35.5. The second-order valence-corrected chi connectivity index (χ2v) is 5.54. The number of hydrogen-bond donors (Lipinski definition) is 1. The molecule has 0 saturated heterocycles. The molecule has 0 fully saturated rings. The van der Waals surface area contributed by atoms with Crippen LogP contribution in [0.4, 0.5) is 23.7 Å². The fourth-order valence-corrected chi connectivity index (χ4v) is 2.77. The molecule has 0 aliphatic heterocycles. The topological polar surface area (TPSA) is 46.3 Å². The number of anilines is 1. The number of nitrogens with zero attached hydrogens (tertiary/aromatic N) is 1. The highest BCUT2D eigenvalue weighted by Crippen LogP contribution is 2.43. The Bertz CT molecular complexity index is 740. The van der Waals surface area contributed by atoms with E-state index in [1.54, 1.807) is 0 Å². The SMILES string of the molecule is CN(C(N)=O)c1cc(Cl)c(-c2ccccc2C(F)(F)F)c(Cl)c1. The Hall–Kier alpha value is -1.92. The predicted molar refractivity (Wildman–Crippen MR) is 84.9 cm³/mol. The van der Waals surface area contributed by atoms with Gasteiger partial charge in [-0.2, -0.15) is 13.2 Å². The second-order valence-electron chi connectivity index (χ2n) is 4.73. The van der Waals surface area contributed by atoms with Gasteiger partial charge in [0.1, 0.15) is 0 Å². The minimum atomic E-state index is -4.55. The Morgan fingerprint density at radius 1 is 1.13 bits per heavy atom. The van der Waals surface area contributed by atoms with Gasteiger partial charge in [0.2, 0.25) is 0 Å². The number of urea groups is 1. The predicted octanol–water partition coefficient (Wildman–Crippen LogP) is 5.19. The first-order chi connectivity index (χ1) is 10.6. The van der Waals surface area contributed by atoms with Gasteiger partial charge in [-0.25, -0.2) is 4.79 Å². The first kappa shape index (κ1) is 17.4. The van der Waals surface area contributed by atoms with E-state index in [1.165, 1.54) is 37.4 Å². The zero-order valence-corrected chi connectivity index (χ0v) is 13.3. The standard InChI is InChI=1S/C15H11Cl2F3N2O/c1-22(14(21)23)8-6-11(16)13(12(17)7-8)9-4-2-3-5-10(9)15(18,19)20/h2-7H,1H3,(H2,21,23). The van der Waals surface area contributed by atoms with Crippen LogP contribution in [0.3, 0.4) is 0 Å². The van der Waals surface area contributed by atoms with Gasteiger partial charge < -0.3 is 5.73 Å². The Morgan fingerprint density at radius 3 is 2.13 bits per heavy atom. The second kappa shape index (κ2) is 6.29. The number of alkyl halides is 3. The number of nitrogens with two attached hydrogens (primary N) is 1. The van der Waals surface area contributed by atoms with Crippen molar-refractivity contribution in [3.63, 3.8) is 0 Å². The van der Waals surface area contributed by atoms with E-state index < -0.39 is 17.8 Å². The molecular formula is C15H11Cl2F3N2O. The molecule has 0 aliphatic carbocycles. The monoisotopic (exact) mass is 362 g/mol. The van der Waals surface area contributed by atoms with Crippen molar-refractivity contribution >= 4 is 34.9 Å². The highest BCUT2D eigenvalue weighted by molar-refractivity contribution is 6.39. The van der Waals surface area contributed by atoms with Gasteiger partial charge in [-0.05, 0) is 23.8 Å². The van der Waals surface area contributed by atoms with Crippen molar-refractivity contribution in [3.8, 4) is 11.1 Å². The van der Waals surface area contributed by atoms with Crippen molar-refractivity contribution in [3.05, 3.63) is 52.0 Å². The van der Waals surface area contributed by atoms with Crippen LogP contribution in [0.1, 0.15) is 5.56 Å². The zero-order chi connectivity index (χ0) is 17.4. The summed E-state index contributed by atoms with van der Waals surface area (Å²) in [5.74, 6) is 0. The van der Waals surface area contributed by atoms with E-state index in [0.717, 1.165) is 11.0 Å². The van der Waals surface area contributed by atoms with Crippen molar-refractivity contribution in [1.29, 1.82) is 0 Å². The van der Waals surface area contributed by atoms with Crippen molar-refractivity contribution in [2.45, 2.75) is 6.18 Å². The summed E-state index contributed by atoms with van der Waals surface area (Å²) < 4.78 is 39.5. The number of hydrogen-bond acceptors (Lipinski definition) is 1. The summed E-state index contributed by atoms with van der Waals surface area (Å²) in [6, 6.07) is 6.89. The van der Waals surface area contributed by atoms with E-state index in [9.17, 15) is 18.0 Å². The quantitative estimate of drug-likeness (QED) is 0.784. The van der Waals surface area contributed by atoms with Crippen molar-refractivity contribution in [2.24, 2.45) is 5.73 Å². The Labute approximate surface area is 140 Å². The number of halogens is 5. The minimum Gasteiger partial charge on any atom is -0.351 e. The summed E-state index contributed by atoms with van der Waals surface area (Å²) in [6.07, 6.45) is -4.55. The van der Waals surface area contributed by atoms with Crippen molar-refractivity contribution < 1.29 is 18.0 Å². The maximum Gasteiger partial charge on any atom is 0.417 e. The van der Waals surface area contributed by atoms with Crippen molar-refractivity contribution in [1.82, 2.24) is 0 Å². The third-order valence-corrected chi connectivity index (χ3v) is 3.84. The fourth-order valence-electron chi connectivity index (χ4n) is 2.09. The van der Waals surface area contributed by atoms with Gasteiger partial charge >= 0.3 is 12.2 Å². The van der Waals surface area contributed by atoms with E-state index in [0.29, 0.717) is 0 Å². The van der Waals surface area contributed by atoms with Crippen LogP contribution in [0.5, 0.6) is 0 Å². The molecule has 0 unspecified atom stereocenters. The van der Waals surface area contributed by atoms with Gasteiger partial charge in [-0.3, -0.25) is 4.90 Å². The first-order valence-corrected chi connectivity index (χ1v) is 7.07. The number of rotatable bonds is 2. The minimum absolute atomic E-state index is 0.0164. The molecular weight excluding hydrogens is 352 g/mol. The van der Waals surface area contributed by atoms with Crippen molar-refractivity contribution in [2.75, 3.05) is 11.9 Å². The number of carbonyl (C=O) groups is 1. The maximum atomic E-state index is 13.2. The summed E-state index contributed by atoms with van der Waals surface area (Å²) in [5, 5.41) is -0.0328. The average molecular weight is 363 g/mol. The van der Waals surface area contributed by atoms with Crippen LogP contribution >= 0.6 is 23.2 Å². The van der Waals surface area contributed by atoms with Crippen LogP contribution < -0.4 is 10.6 Å². The van der Waals surface area contributed by atoms with Crippen LogP contribution in [0.2, 0.25) is 10.0 Å². The third kappa shape index (κ3) is 3.54. The molecule has 2 aromatic carbocycles. The summed E-state index contributed by atoms with van der Waals surface area (Å²) in [6.45, 7) is 0. The lowest BCUT2D eigenvalue weighted by atomic mass is 9.98. The Morgan fingerprint density at radius 2 is 1.65 bits per heavy atom. The molecule has 0 saturated carbocycles. The molecule has 0 aromatic heterocycles. The molecule has 0 radical (unpaired) electrons. The van der Waals surface area contributed by atoms with Gasteiger partial charge in [0.25, 0.3) is 0 Å². The molecule has 0 aliphatic rings. The normalized spacial score (nSPS) is 11.4. The van der Waals surface area contributed by atoms with E-state index in [1.807, 2.05) is 0 Å². The van der Waals surface area contributed by atoms with Crippen LogP contribution in [-0.4, -0.2) is 13.1 Å². The lowest BCUT2D eigenvalue weighted by Crippen LogP contribution is -2.31. The summed E-state index contributed by atoms with van der Waals surface area (Å²) in [7, 11) is 1.40. The summed E-state index contributed by atoms with van der Waals surface area (Å²) in [4.78, 5) is 12.3. The molecule has 2 aromatic rings. The van der Waals surface area contributed by atoms with Crippen LogP contribution in [0, 0.1) is 0 Å². The van der Waals surface area contributed by atoms with E-state index in [-0.39, 0.29) is 26.9 Å². The molecule has 3 nitrogen and oxygen atoms in total. The lowest BCUT2D eigenvalue weighted by molar-refractivity contribution is -0.137. The van der Waals surface area contributed by atoms with E-state index in [4.69, 9.17) is 28.9 Å². The molecule has 0 heterocycles. The van der Waals surface area contributed by atoms with E-state index in [2.05, 4.69) is 0 Å².